The SMILES string of the molecule is CCCNc1nc(C)c([N+](=O)[O-])c(OC(C)(C)C)n1. The average Bonchev–Trinajstić information content (AvgIpc) is 2.22. The number of aromatic nitrogens is 2. The van der Waals surface area contributed by atoms with Crippen molar-refractivity contribution in [2.75, 3.05) is 11.9 Å². The minimum absolute atomic E-state index is 0.00334. The molecule has 0 amide bonds. The Morgan fingerprint density at radius 1 is 1.37 bits per heavy atom. The summed E-state index contributed by atoms with van der Waals surface area (Å²) in [5.41, 5.74) is -0.456. The summed E-state index contributed by atoms with van der Waals surface area (Å²) >= 11 is 0. The first-order chi connectivity index (χ1) is 8.74. The van der Waals surface area contributed by atoms with Crippen molar-refractivity contribution in [2.24, 2.45) is 0 Å². The van der Waals surface area contributed by atoms with Crippen LogP contribution in [0.2, 0.25) is 0 Å². The molecule has 0 radical (unpaired) electrons. The van der Waals surface area contributed by atoms with E-state index < -0.39 is 10.5 Å². The van der Waals surface area contributed by atoms with Crippen LogP contribution in [0.15, 0.2) is 0 Å². The van der Waals surface area contributed by atoms with Crippen molar-refractivity contribution in [1.29, 1.82) is 0 Å². The highest BCUT2D eigenvalue weighted by atomic mass is 16.6. The summed E-state index contributed by atoms with van der Waals surface area (Å²) in [4.78, 5) is 18.7. The zero-order chi connectivity index (χ0) is 14.6. The van der Waals surface area contributed by atoms with Crippen molar-refractivity contribution >= 4 is 11.6 Å². The standard InChI is InChI=1S/C12H20N4O3/c1-6-7-13-11-14-8(2)9(16(17)18)10(15-11)19-12(3,4)5/h6-7H2,1-5H3,(H,13,14,15). The molecule has 1 aromatic rings. The predicted molar refractivity (Wildman–Crippen MR) is 72.6 cm³/mol. The predicted octanol–water partition coefficient (Wildman–Crippen LogP) is 2.69. The molecule has 0 aliphatic rings. The van der Waals surface area contributed by atoms with Crippen molar-refractivity contribution in [3.63, 3.8) is 0 Å². The molecule has 0 bridgehead atoms. The molecule has 0 aliphatic heterocycles. The maximum absolute atomic E-state index is 11.1. The number of aryl methyl sites for hydroxylation is 1. The lowest BCUT2D eigenvalue weighted by Crippen LogP contribution is -2.25. The van der Waals surface area contributed by atoms with Gasteiger partial charge in [-0.05, 0) is 34.1 Å². The first-order valence-electron chi connectivity index (χ1n) is 6.20. The highest BCUT2D eigenvalue weighted by Crippen LogP contribution is 2.31. The number of hydrogen-bond acceptors (Lipinski definition) is 6. The third-order valence-corrected chi connectivity index (χ3v) is 2.14. The number of ether oxygens (including phenoxy) is 1. The zero-order valence-electron chi connectivity index (χ0n) is 12.0. The van der Waals surface area contributed by atoms with Crippen molar-refractivity contribution in [3.05, 3.63) is 15.8 Å². The van der Waals surface area contributed by atoms with Gasteiger partial charge in [0.15, 0.2) is 0 Å². The van der Waals surface area contributed by atoms with Crippen molar-refractivity contribution < 1.29 is 9.66 Å². The molecular weight excluding hydrogens is 248 g/mol. The molecule has 0 aromatic carbocycles. The van der Waals surface area contributed by atoms with Crippen LogP contribution in [-0.4, -0.2) is 27.0 Å². The van der Waals surface area contributed by atoms with E-state index in [2.05, 4.69) is 15.3 Å². The van der Waals surface area contributed by atoms with Gasteiger partial charge < -0.3 is 10.1 Å². The molecule has 1 rings (SSSR count). The molecule has 0 fully saturated rings. The minimum atomic E-state index is -0.562. The monoisotopic (exact) mass is 268 g/mol. The Labute approximate surface area is 112 Å². The van der Waals surface area contributed by atoms with Gasteiger partial charge in [0.2, 0.25) is 5.95 Å². The molecular formula is C12H20N4O3. The van der Waals surface area contributed by atoms with E-state index in [1.807, 2.05) is 27.7 Å². The number of hydrogen-bond donors (Lipinski definition) is 1. The molecule has 19 heavy (non-hydrogen) atoms. The summed E-state index contributed by atoms with van der Waals surface area (Å²) in [7, 11) is 0. The minimum Gasteiger partial charge on any atom is -0.467 e. The average molecular weight is 268 g/mol. The van der Waals surface area contributed by atoms with Crippen LogP contribution in [-0.2, 0) is 0 Å². The van der Waals surface area contributed by atoms with E-state index in [1.165, 1.54) is 0 Å². The lowest BCUT2D eigenvalue weighted by molar-refractivity contribution is -0.387. The second-order valence-corrected chi connectivity index (χ2v) is 5.18. The number of rotatable bonds is 5. The molecule has 0 unspecified atom stereocenters. The number of nitrogens with zero attached hydrogens (tertiary/aromatic N) is 3. The smallest absolute Gasteiger partial charge is 0.352 e. The van der Waals surface area contributed by atoms with Crippen molar-refractivity contribution in [1.82, 2.24) is 9.97 Å². The second-order valence-electron chi connectivity index (χ2n) is 5.18. The normalized spacial score (nSPS) is 11.2. The topological polar surface area (TPSA) is 90.2 Å². The molecule has 0 aliphatic carbocycles. The van der Waals surface area contributed by atoms with Crippen LogP contribution in [0.3, 0.4) is 0 Å². The van der Waals surface area contributed by atoms with Gasteiger partial charge in [-0.3, -0.25) is 10.1 Å². The quantitative estimate of drug-likeness (QED) is 0.652. The third kappa shape index (κ3) is 4.35. The molecule has 0 saturated heterocycles. The fourth-order valence-corrected chi connectivity index (χ4v) is 1.43. The van der Waals surface area contributed by atoms with E-state index in [9.17, 15) is 10.1 Å². The highest BCUT2D eigenvalue weighted by molar-refractivity contribution is 5.49. The maximum atomic E-state index is 11.1. The van der Waals surface area contributed by atoms with Gasteiger partial charge in [-0.15, -0.1) is 0 Å². The number of nitrogens with one attached hydrogen (secondary N) is 1. The van der Waals surface area contributed by atoms with E-state index in [0.29, 0.717) is 12.5 Å². The maximum Gasteiger partial charge on any atom is 0.352 e. The van der Waals surface area contributed by atoms with Crippen LogP contribution in [0.1, 0.15) is 39.8 Å². The van der Waals surface area contributed by atoms with Crippen LogP contribution >= 0.6 is 0 Å². The Balaban J connectivity index is 3.21. The van der Waals surface area contributed by atoms with Crippen LogP contribution in [0.25, 0.3) is 0 Å². The van der Waals surface area contributed by atoms with Crippen molar-refractivity contribution in [3.8, 4) is 5.88 Å². The van der Waals surface area contributed by atoms with Crippen LogP contribution < -0.4 is 10.1 Å². The molecule has 1 N–H and O–H groups in total. The van der Waals surface area contributed by atoms with Gasteiger partial charge in [-0.1, -0.05) is 6.92 Å². The zero-order valence-corrected chi connectivity index (χ0v) is 12.0. The Morgan fingerprint density at radius 2 is 2.00 bits per heavy atom. The molecule has 7 nitrogen and oxygen atoms in total. The fraction of sp³-hybridized carbons (Fsp3) is 0.667. The van der Waals surface area contributed by atoms with Gasteiger partial charge in [0, 0.05) is 6.54 Å². The summed E-state index contributed by atoms with van der Waals surface area (Å²) in [6.07, 6.45) is 0.912. The fourth-order valence-electron chi connectivity index (χ4n) is 1.43. The molecule has 0 saturated carbocycles. The Kier molecular flexibility index (Phi) is 4.63. The lowest BCUT2D eigenvalue weighted by atomic mass is 10.2. The Hall–Kier alpha value is -1.92. The van der Waals surface area contributed by atoms with E-state index in [0.717, 1.165) is 6.42 Å². The van der Waals surface area contributed by atoms with Gasteiger partial charge in [0.1, 0.15) is 11.3 Å². The summed E-state index contributed by atoms with van der Waals surface area (Å²) in [5, 5.41) is 14.1. The summed E-state index contributed by atoms with van der Waals surface area (Å²) in [6, 6.07) is 0. The van der Waals surface area contributed by atoms with Crippen molar-refractivity contribution in [2.45, 2.75) is 46.6 Å². The van der Waals surface area contributed by atoms with E-state index >= 15 is 0 Å². The van der Waals surface area contributed by atoms with Gasteiger partial charge in [-0.2, -0.15) is 4.98 Å². The first-order valence-corrected chi connectivity index (χ1v) is 6.20. The Morgan fingerprint density at radius 3 is 2.47 bits per heavy atom. The molecule has 1 aromatic heterocycles. The lowest BCUT2D eigenvalue weighted by Gasteiger charge is -2.20. The van der Waals surface area contributed by atoms with Gasteiger partial charge in [0.05, 0.1) is 4.92 Å². The largest absolute Gasteiger partial charge is 0.467 e. The van der Waals surface area contributed by atoms with Gasteiger partial charge >= 0.3 is 5.69 Å². The molecule has 1 heterocycles. The summed E-state index contributed by atoms with van der Waals surface area (Å²) in [6.45, 7) is 9.73. The molecule has 7 heteroatoms. The van der Waals surface area contributed by atoms with Crippen LogP contribution in [0.4, 0.5) is 11.6 Å². The van der Waals surface area contributed by atoms with E-state index in [4.69, 9.17) is 4.74 Å². The van der Waals surface area contributed by atoms with Gasteiger partial charge in [-0.25, -0.2) is 4.98 Å². The first kappa shape index (κ1) is 15.1. The van der Waals surface area contributed by atoms with E-state index in [-0.39, 0.29) is 17.3 Å². The van der Waals surface area contributed by atoms with Crippen LogP contribution in [0, 0.1) is 17.0 Å². The number of anilines is 1. The third-order valence-electron chi connectivity index (χ3n) is 2.14. The van der Waals surface area contributed by atoms with Gasteiger partial charge in [0.25, 0.3) is 5.88 Å². The highest BCUT2D eigenvalue weighted by Gasteiger charge is 2.27. The second kappa shape index (κ2) is 5.81. The molecule has 0 atom stereocenters. The number of nitro groups is 1. The van der Waals surface area contributed by atoms with Crippen LogP contribution in [0.5, 0.6) is 5.88 Å². The Bertz CT molecular complexity index is 469. The molecule has 106 valence electrons. The van der Waals surface area contributed by atoms with E-state index in [1.54, 1.807) is 6.92 Å². The summed E-state index contributed by atoms with van der Waals surface area (Å²) in [5.74, 6) is 0.354. The molecule has 0 spiro atoms. The summed E-state index contributed by atoms with van der Waals surface area (Å²) < 4.78 is 5.56.